The molecule has 0 aliphatic carbocycles. The molecular formula is C8H7ClF2N2O2. The van der Waals surface area contributed by atoms with E-state index in [2.05, 4.69) is 4.98 Å². The predicted molar refractivity (Wildman–Crippen MR) is 50.0 cm³/mol. The zero-order valence-corrected chi connectivity index (χ0v) is 8.13. The maximum absolute atomic E-state index is 12.5. The van der Waals surface area contributed by atoms with Crippen molar-refractivity contribution < 1.29 is 18.7 Å². The summed E-state index contributed by atoms with van der Waals surface area (Å²) in [6.45, 7) is 0. The third-order valence-electron chi connectivity index (χ3n) is 1.68. The standard InChI is InChI=1S/C8H7ClF2N2O2/c9-7-6(8(10)11)3(2-5(14)15)1-4(12)13-7/h1,8H,2H2,(H2,12,13)(H,14,15). The lowest BCUT2D eigenvalue weighted by atomic mass is 10.1. The summed E-state index contributed by atoms with van der Waals surface area (Å²) < 4.78 is 25.0. The van der Waals surface area contributed by atoms with E-state index in [-0.39, 0.29) is 11.4 Å². The number of hydrogen-bond donors (Lipinski definition) is 2. The molecule has 0 aliphatic rings. The topological polar surface area (TPSA) is 76.2 Å². The predicted octanol–water partition coefficient (Wildman–Crippen LogP) is 1.88. The number of carboxylic acids is 1. The van der Waals surface area contributed by atoms with Crippen molar-refractivity contribution in [3.05, 3.63) is 22.3 Å². The van der Waals surface area contributed by atoms with Crippen LogP contribution in [0.3, 0.4) is 0 Å². The molecule has 4 nitrogen and oxygen atoms in total. The van der Waals surface area contributed by atoms with Gasteiger partial charge in [0.2, 0.25) is 0 Å². The van der Waals surface area contributed by atoms with Crippen molar-refractivity contribution in [1.82, 2.24) is 4.98 Å². The minimum Gasteiger partial charge on any atom is -0.481 e. The fourth-order valence-electron chi connectivity index (χ4n) is 1.13. The Morgan fingerprint density at radius 3 is 2.73 bits per heavy atom. The monoisotopic (exact) mass is 236 g/mol. The molecule has 0 saturated carbocycles. The highest BCUT2D eigenvalue weighted by molar-refractivity contribution is 6.30. The number of pyridine rings is 1. The van der Waals surface area contributed by atoms with E-state index in [1.807, 2.05) is 0 Å². The highest BCUT2D eigenvalue weighted by atomic mass is 35.5. The van der Waals surface area contributed by atoms with Crippen LogP contribution in [0.25, 0.3) is 0 Å². The molecule has 0 saturated heterocycles. The quantitative estimate of drug-likeness (QED) is 0.786. The van der Waals surface area contributed by atoms with Crippen molar-refractivity contribution >= 4 is 23.4 Å². The van der Waals surface area contributed by atoms with Gasteiger partial charge in [-0.25, -0.2) is 13.8 Å². The summed E-state index contributed by atoms with van der Waals surface area (Å²) in [5.41, 5.74) is 4.58. The molecule has 0 radical (unpaired) electrons. The molecule has 0 aliphatic heterocycles. The first kappa shape index (κ1) is 11.6. The van der Waals surface area contributed by atoms with Crippen LogP contribution in [0, 0.1) is 0 Å². The number of aromatic nitrogens is 1. The lowest BCUT2D eigenvalue weighted by molar-refractivity contribution is -0.136. The van der Waals surface area contributed by atoms with Crippen LogP contribution in [-0.4, -0.2) is 16.1 Å². The van der Waals surface area contributed by atoms with Crippen molar-refractivity contribution in [3.8, 4) is 0 Å². The molecule has 1 rings (SSSR count). The Balaban J connectivity index is 3.26. The number of hydrogen-bond acceptors (Lipinski definition) is 3. The molecule has 0 bridgehead atoms. The third-order valence-corrected chi connectivity index (χ3v) is 1.97. The second-order valence-corrected chi connectivity index (χ2v) is 3.14. The van der Waals surface area contributed by atoms with Gasteiger partial charge in [0.25, 0.3) is 6.43 Å². The van der Waals surface area contributed by atoms with E-state index in [1.165, 1.54) is 0 Å². The Hall–Kier alpha value is -1.43. The number of carboxylic acid groups (broad SMARTS) is 1. The van der Waals surface area contributed by atoms with Gasteiger partial charge < -0.3 is 10.8 Å². The van der Waals surface area contributed by atoms with Gasteiger partial charge in [-0.15, -0.1) is 0 Å². The van der Waals surface area contributed by atoms with Crippen LogP contribution in [0.1, 0.15) is 17.6 Å². The second-order valence-electron chi connectivity index (χ2n) is 2.78. The minimum absolute atomic E-state index is 0.0827. The van der Waals surface area contributed by atoms with Gasteiger partial charge in [-0.1, -0.05) is 11.6 Å². The van der Waals surface area contributed by atoms with E-state index in [9.17, 15) is 13.6 Å². The Kier molecular flexibility index (Phi) is 3.41. The number of anilines is 1. The molecular weight excluding hydrogens is 230 g/mol. The van der Waals surface area contributed by atoms with Crippen LogP contribution in [0.4, 0.5) is 14.6 Å². The highest BCUT2D eigenvalue weighted by Crippen LogP contribution is 2.30. The third kappa shape index (κ3) is 2.76. The van der Waals surface area contributed by atoms with Gasteiger partial charge in [0.15, 0.2) is 0 Å². The Morgan fingerprint density at radius 1 is 1.67 bits per heavy atom. The van der Waals surface area contributed by atoms with Crippen LogP contribution >= 0.6 is 11.6 Å². The van der Waals surface area contributed by atoms with Crippen LogP contribution in [0.15, 0.2) is 6.07 Å². The minimum atomic E-state index is -2.88. The molecule has 1 aromatic heterocycles. The average Bonchev–Trinajstić information content (AvgIpc) is 1.99. The fraction of sp³-hybridized carbons (Fsp3) is 0.250. The first-order valence-corrected chi connectivity index (χ1v) is 4.24. The Bertz CT molecular complexity index is 398. The number of nitrogens with two attached hydrogens (primary N) is 1. The zero-order chi connectivity index (χ0) is 11.6. The summed E-state index contributed by atoms with van der Waals surface area (Å²) in [6.07, 6.45) is -3.44. The molecule has 15 heavy (non-hydrogen) atoms. The molecule has 82 valence electrons. The molecule has 1 aromatic rings. The summed E-state index contributed by atoms with van der Waals surface area (Å²) in [4.78, 5) is 13.8. The average molecular weight is 237 g/mol. The van der Waals surface area contributed by atoms with Gasteiger partial charge in [0.1, 0.15) is 11.0 Å². The molecule has 1 heterocycles. The van der Waals surface area contributed by atoms with Crippen LogP contribution in [0.5, 0.6) is 0 Å². The number of nitrogens with zero attached hydrogens (tertiary/aromatic N) is 1. The van der Waals surface area contributed by atoms with Crippen LogP contribution in [0.2, 0.25) is 5.15 Å². The first-order valence-electron chi connectivity index (χ1n) is 3.86. The lowest BCUT2D eigenvalue weighted by Gasteiger charge is -2.09. The number of alkyl halides is 2. The number of carbonyl (C=O) groups is 1. The van der Waals surface area contributed by atoms with Gasteiger partial charge in [-0.2, -0.15) is 0 Å². The number of nitrogen functional groups attached to an aromatic ring is 1. The van der Waals surface area contributed by atoms with Gasteiger partial charge >= 0.3 is 5.97 Å². The largest absolute Gasteiger partial charge is 0.481 e. The summed E-state index contributed by atoms with van der Waals surface area (Å²) in [5, 5.41) is 8.05. The van der Waals surface area contributed by atoms with E-state index in [0.717, 1.165) is 6.07 Å². The number of halogens is 3. The van der Waals surface area contributed by atoms with Gasteiger partial charge in [0, 0.05) is 0 Å². The van der Waals surface area contributed by atoms with Crippen molar-refractivity contribution in [1.29, 1.82) is 0 Å². The Labute approximate surface area is 88.7 Å². The van der Waals surface area contributed by atoms with E-state index >= 15 is 0 Å². The van der Waals surface area contributed by atoms with Gasteiger partial charge in [-0.3, -0.25) is 4.79 Å². The molecule has 0 aromatic carbocycles. The van der Waals surface area contributed by atoms with Crippen molar-refractivity contribution in [2.75, 3.05) is 5.73 Å². The fourth-order valence-corrected chi connectivity index (χ4v) is 1.44. The van der Waals surface area contributed by atoms with Crippen LogP contribution in [-0.2, 0) is 11.2 Å². The van der Waals surface area contributed by atoms with E-state index in [4.69, 9.17) is 22.4 Å². The molecule has 0 atom stereocenters. The molecule has 0 amide bonds. The van der Waals surface area contributed by atoms with Crippen molar-refractivity contribution in [2.45, 2.75) is 12.8 Å². The number of rotatable bonds is 3. The SMILES string of the molecule is Nc1cc(CC(=O)O)c(C(F)F)c(Cl)n1. The smallest absolute Gasteiger partial charge is 0.307 e. The van der Waals surface area contributed by atoms with Crippen LogP contribution < -0.4 is 5.73 Å². The highest BCUT2D eigenvalue weighted by Gasteiger charge is 2.20. The van der Waals surface area contributed by atoms with E-state index in [1.54, 1.807) is 0 Å². The van der Waals surface area contributed by atoms with Gasteiger partial charge in [-0.05, 0) is 11.6 Å². The lowest BCUT2D eigenvalue weighted by Crippen LogP contribution is -2.07. The molecule has 7 heteroatoms. The summed E-state index contributed by atoms with van der Waals surface area (Å²) in [5.74, 6) is -1.32. The first-order chi connectivity index (χ1) is 6.91. The normalized spacial score (nSPS) is 10.7. The summed E-state index contributed by atoms with van der Waals surface area (Å²) >= 11 is 5.45. The molecule has 0 fully saturated rings. The molecule has 0 spiro atoms. The maximum atomic E-state index is 12.5. The Morgan fingerprint density at radius 2 is 2.27 bits per heavy atom. The number of aliphatic carboxylic acids is 1. The maximum Gasteiger partial charge on any atom is 0.307 e. The summed E-state index contributed by atoms with van der Waals surface area (Å²) in [7, 11) is 0. The zero-order valence-electron chi connectivity index (χ0n) is 7.38. The van der Waals surface area contributed by atoms with E-state index in [0.29, 0.717) is 0 Å². The van der Waals surface area contributed by atoms with Crippen molar-refractivity contribution in [2.24, 2.45) is 0 Å². The molecule has 0 unspecified atom stereocenters. The van der Waals surface area contributed by atoms with Crippen molar-refractivity contribution in [3.63, 3.8) is 0 Å². The second kappa shape index (κ2) is 4.39. The molecule has 3 N–H and O–H groups in total. The summed E-state index contributed by atoms with van der Waals surface area (Å²) in [6, 6.07) is 1.08. The van der Waals surface area contributed by atoms with E-state index < -0.39 is 29.5 Å². The van der Waals surface area contributed by atoms with Gasteiger partial charge in [0.05, 0.1) is 12.0 Å².